The maximum absolute atomic E-state index is 13.1. The van der Waals surface area contributed by atoms with Crippen molar-refractivity contribution in [1.82, 2.24) is 20.1 Å². The van der Waals surface area contributed by atoms with Gasteiger partial charge in [-0.25, -0.2) is 9.37 Å². The molecule has 0 bridgehead atoms. The predicted molar refractivity (Wildman–Crippen MR) is 91.1 cm³/mol. The Morgan fingerprint density at radius 2 is 2.27 bits per heavy atom. The number of halogens is 1. The molecule has 2 aromatic heterocycles. The van der Waals surface area contributed by atoms with E-state index in [1.807, 2.05) is 20.9 Å². The van der Waals surface area contributed by atoms with Crippen LogP contribution in [0.25, 0.3) is 0 Å². The molecule has 7 nitrogen and oxygen atoms in total. The van der Waals surface area contributed by atoms with E-state index >= 15 is 0 Å². The number of ether oxygens (including phenoxy) is 1. The van der Waals surface area contributed by atoms with Crippen molar-refractivity contribution in [1.29, 1.82) is 0 Å². The molecule has 8 heteroatoms. The molecule has 1 amide bonds. The van der Waals surface area contributed by atoms with Gasteiger partial charge in [-0.1, -0.05) is 6.07 Å². The van der Waals surface area contributed by atoms with Crippen LogP contribution in [-0.4, -0.2) is 20.7 Å². The molecule has 0 saturated heterocycles. The third-order valence-electron chi connectivity index (χ3n) is 4.03. The smallest absolute Gasteiger partial charge is 0.273 e. The van der Waals surface area contributed by atoms with Crippen molar-refractivity contribution in [2.24, 2.45) is 7.05 Å². The Hall–Kier alpha value is -3.16. The van der Waals surface area contributed by atoms with Crippen LogP contribution >= 0.6 is 0 Å². The van der Waals surface area contributed by atoms with Crippen molar-refractivity contribution in [2.45, 2.75) is 26.5 Å². The van der Waals surface area contributed by atoms with Crippen molar-refractivity contribution in [2.75, 3.05) is 0 Å². The Morgan fingerprint density at radius 3 is 2.96 bits per heavy atom. The molecular weight excluding hydrogens is 339 g/mol. The van der Waals surface area contributed by atoms with Crippen LogP contribution in [0.4, 0.5) is 4.39 Å². The molecule has 0 aliphatic carbocycles. The number of rotatable bonds is 6. The first kappa shape index (κ1) is 17.7. The minimum atomic E-state index is -0.394. The average molecular weight is 358 g/mol. The zero-order chi connectivity index (χ0) is 18.7. The van der Waals surface area contributed by atoms with Gasteiger partial charge in [0, 0.05) is 24.4 Å². The van der Waals surface area contributed by atoms with Gasteiger partial charge in [0.1, 0.15) is 17.8 Å². The van der Waals surface area contributed by atoms with E-state index in [1.54, 1.807) is 23.0 Å². The maximum atomic E-state index is 13.1. The number of amides is 1. The van der Waals surface area contributed by atoms with E-state index in [2.05, 4.69) is 15.4 Å². The zero-order valence-electron chi connectivity index (χ0n) is 14.7. The van der Waals surface area contributed by atoms with Gasteiger partial charge in [-0.3, -0.25) is 9.48 Å². The zero-order valence-corrected chi connectivity index (χ0v) is 14.7. The van der Waals surface area contributed by atoms with Crippen molar-refractivity contribution >= 4 is 5.91 Å². The lowest BCUT2D eigenvalue weighted by atomic mass is 10.1. The van der Waals surface area contributed by atoms with Gasteiger partial charge in [0.2, 0.25) is 5.89 Å². The monoisotopic (exact) mass is 358 g/mol. The fourth-order valence-corrected chi connectivity index (χ4v) is 2.47. The molecule has 0 fully saturated rings. The van der Waals surface area contributed by atoms with Crippen LogP contribution in [-0.2, 0) is 13.7 Å². The number of aromatic nitrogens is 3. The summed E-state index contributed by atoms with van der Waals surface area (Å²) in [5.74, 6) is -0.171. The quantitative estimate of drug-likeness (QED) is 0.733. The van der Waals surface area contributed by atoms with Crippen LogP contribution in [0.2, 0.25) is 0 Å². The molecular formula is C18H19FN4O3. The van der Waals surface area contributed by atoms with E-state index in [0.717, 1.165) is 11.3 Å². The Labute approximate surface area is 149 Å². The van der Waals surface area contributed by atoms with Gasteiger partial charge in [0.25, 0.3) is 5.91 Å². The minimum Gasteiger partial charge on any atom is -0.484 e. The summed E-state index contributed by atoms with van der Waals surface area (Å²) < 4.78 is 25.5. The standard InChI is InChI=1S/C18H19FN4O3/c1-11(15-8-20-23(3)12(15)2)21-18(24)16-9-26-17(22-16)10-25-14-6-4-5-13(19)7-14/h4-9,11H,10H2,1-3H3,(H,21,24). The predicted octanol–water partition coefficient (Wildman–Crippen LogP) is 2.93. The Bertz CT molecular complexity index is 919. The number of hydrogen-bond acceptors (Lipinski definition) is 5. The Kier molecular flexibility index (Phi) is 5.01. The average Bonchev–Trinajstić information content (AvgIpc) is 3.21. The third kappa shape index (κ3) is 3.90. The second kappa shape index (κ2) is 7.38. The van der Waals surface area contributed by atoms with Crippen LogP contribution in [0.5, 0.6) is 5.75 Å². The summed E-state index contributed by atoms with van der Waals surface area (Å²) in [5.41, 5.74) is 2.05. The van der Waals surface area contributed by atoms with E-state index in [9.17, 15) is 9.18 Å². The summed E-state index contributed by atoms with van der Waals surface area (Å²) >= 11 is 0. The SMILES string of the molecule is Cc1c(C(C)NC(=O)c2coc(COc3cccc(F)c3)n2)cnn1C. The van der Waals surface area contributed by atoms with Crippen LogP contribution in [0, 0.1) is 12.7 Å². The second-order valence-corrected chi connectivity index (χ2v) is 5.88. The molecule has 1 atom stereocenters. The fourth-order valence-electron chi connectivity index (χ4n) is 2.47. The number of nitrogens with one attached hydrogen (secondary N) is 1. The molecule has 3 aromatic rings. The first-order valence-corrected chi connectivity index (χ1v) is 8.06. The van der Waals surface area contributed by atoms with Crippen molar-refractivity contribution in [3.8, 4) is 5.75 Å². The van der Waals surface area contributed by atoms with Gasteiger partial charge < -0.3 is 14.5 Å². The molecule has 1 unspecified atom stereocenters. The number of oxazole rings is 1. The maximum Gasteiger partial charge on any atom is 0.273 e. The fraction of sp³-hybridized carbons (Fsp3) is 0.278. The van der Waals surface area contributed by atoms with E-state index in [1.165, 1.54) is 18.4 Å². The molecule has 2 heterocycles. The highest BCUT2D eigenvalue weighted by atomic mass is 19.1. The summed E-state index contributed by atoms with van der Waals surface area (Å²) in [6, 6.07) is 5.53. The number of nitrogens with zero attached hydrogens (tertiary/aromatic N) is 3. The summed E-state index contributed by atoms with van der Waals surface area (Å²) in [6.45, 7) is 3.80. The lowest BCUT2D eigenvalue weighted by Crippen LogP contribution is -2.27. The van der Waals surface area contributed by atoms with Crippen molar-refractivity contribution < 1.29 is 18.3 Å². The third-order valence-corrected chi connectivity index (χ3v) is 4.03. The van der Waals surface area contributed by atoms with Crippen molar-refractivity contribution in [3.63, 3.8) is 0 Å². The molecule has 0 aliphatic heterocycles. The lowest BCUT2D eigenvalue weighted by molar-refractivity contribution is 0.0934. The lowest BCUT2D eigenvalue weighted by Gasteiger charge is -2.12. The molecule has 0 aliphatic rings. The molecule has 136 valence electrons. The van der Waals surface area contributed by atoms with Gasteiger partial charge in [-0.15, -0.1) is 0 Å². The van der Waals surface area contributed by atoms with E-state index in [0.29, 0.717) is 5.75 Å². The highest BCUT2D eigenvalue weighted by Gasteiger charge is 2.18. The number of aryl methyl sites for hydroxylation is 1. The van der Waals surface area contributed by atoms with E-state index < -0.39 is 5.82 Å². The number of carbonyl (C=O) groups excluding carboxylic acids is 1. The van der Waals surface area contributed by atoms with Crippen LogP contribution in [0.1, 0.15) is 40.6 Å². The van der Waals surface area contributed by atoms with Gasteiger partial charge in [-0.2, -0.15) is 5.10 Å². The Balaban J connectivity index is 1.60. The summed E-state index contributed by atoms with van der Waals surface area (Å²) in [6.07, 6.45) is 2.99. The van der Waals surface area contributed by atoms with Gasteiger partial charge >= 0.3 is 0 Å². The largest absolute Gasteiger partial charge is 0.484 e. The van der Waals surface area contributed by atoms with E-state index in [-0.39, 0.29) is 30.1 Å². The van der Waals surface area contributed by atoms with Crippen LogP contribution in [0.3, 0.4) is 0 Å². The number of hydrogen-bond donors (Lipinski definition) is 1. The second-order valence-electron chi connectivity index (χ2n) is 5.88. The normalized spacial score (nSPS) is 12.0. The molecule has 1 N–H and O–H groups in total. The van der Waals surface area contributed by atoms with Crippen LogP contribution < -0.4 is 10.1 Å². The highest BCUT2D eigenvalue weighted by Crippen LogP contribution is 2.17. The molecule has 0 spiro atoms. The van der Waals surface area contributed by atoms with E-state index in [4.69, 9.17) is 9.15 Å². The molecule has 0 radical (unpaired) electrons. The summed E-state index contributed by atoms with van der Waals surface area (Å²) in [4.78, 5) is 16.4. The topological polar surface area (TPSA) is 82.2 Å². The number of carbonyl (C=O) groups is 1. The van der Waals surface area contributed by atoms with Crippen LogP contribution in [0.15, 0.2) is 41.1 Å². The molecule has 26 heavy (non-hydrogen) atoms. The van der Waals surface area contributed by atoms with Gasteiger partial charge in [0.05, 0.1) is 12.2 Å². The highest BCUT2D eigenvalue weighted by molar-refractivity contribution is 5.92. The minimum absolute atomic E-state index is 0.00595. The van der Waals surface area contributed by atoms with Gasteiger partial charge in [-0.05, 0) is 26.0 Å². The first-order valence-electron chi connectivity index (χ1n) is 8.06. The summed E-state index contributed by atoms with van der Waals surface area (Å²) in [5, 5.41) is 7.02. The Morgan fingerprint density at radius 1 is 1.46 bits per heavy atom. The number of benzene rings is 1. The van der Waals surface area contributed by atoms with Crippen molar-refractivity contribution in [3.05, 3.63) is 65.4 Å². The first-order chi connectivity index (χ1) is 12.4. The summed E-state index contributed by atoms with van der Waals surface area (Å²) in [7, 11) is 1.84. The molecule has 0 saturated carbocycles. The molecule has 3 rings (SSSR count). The molecule has 1 aromatic carbocycles. The van der Waals surface area contributed by atoms with Gasteiger partial charge in [0.15, 0.2) is 12.3 Å².